The van der Waals surface area contributed by atoms with Gasteiger partial charge in [0.05, 0.1) is 4.92 Å². The van der Waals surface area contributed by atoms with E-state index in [1.165, 1.54) is 19.1 Å². The molecule has 1 saturated heterocycles. The van der Waals surface area contributed by atoms with Crippen molar-refractivity contribution in [1.29, 1.82) is 0 Å². The summed E-state index contributed by atoms with van der Waals surface area (Å²) >= 11 is 0. The van der Waals surface area contributed by atoms with Crippen molar-refractivity contribution in [3.63, 3.8) is 0 Å². The fourth-order valence-corrected chi connectivity index (χ4v) is 2.13. The molecule has 1 amide bonds. The predicted octanol–water partition coefficient (Wildman–Crippen LogP) is -0.0561. The maximum atomic E-state index is 11.3. The van der Waals surface area contributed by atoms with Crippen LogP contribution in [0.5, 0.6) is 0 Å². The molecule has 1 aromatic rings. The topological polar surface area (TPSA) is 118 Å². The first-order valence-corrected chi connectivity index (χ1v) is 6.15. The summed E-state index contributed by atoms with van der Waals surface area (Å²) in [6.07, 6.45) is 0. The quantitative estimate of drug-likeness (QED) is 0.452. The van der Waals surface area contributed by atoms with Crippen molar-refractivity contribution in [2.45, 2.75) is 6.92 Å². The summed E-state index contributed by atoms with van der Waals surface area (Å²) in [6.45, 7) is 3.56. The van der Waals surface area contributed by atoms with Crippen LogP contribution in [-0.2, 0) is 4.79 Å². The van der Waals surface area contributed by atoms with E-state index in [-0.39, 0.29) is 17.4 Å². The molecule has 2 heterocycles. The second kappa shape index (κ2) is 5.70. The zero-order chi connectivity index (χ0) is 14.7. The molecule has 0 unspecified atom stereocenters. The van der Waals surface area contributed by atoms with E-state index < -0.39 is 4.92 Å². The van der Waals surface area contributed by atoms with Gasteiger partial charge in [-0.2, -0.15) is 0 Å². The average Bonchev–Trinajstić information content (AvgIpc) is 2.46. The van der Waals surface area contributed by atoms with Crippen LogP contribution in [0.3, 0.4) is 0 Å². The number of anilines is 2. The minimum absolute atomic E-state index is 0.00415. The van der Waals surface area contributed by atoms with Crippen LogP contribution >= 0.6 is 0 Å². The molecule has 108 valence electrons. The third-order valence-electron chi connectivity index (χ3n) is 3.22. The van der Waals surface area contributed by atoms with Gasteiger partial charge in [0.1, 0.15) is 5.82 Å². The molecule has 0 bridgehead atoms. The molecule has 1 aromatic heterocycles. The molecule has 0 aromatic carbocycles. The zero-order valence-corrected chi connectivity index (χ0v) is 11.1. The second-order valence-corrected chi connectivity index (χ2v) is 4.43. The van der Waals surface area contributed by atoms with Crippen molar-refractivity contribution < 1.29 is 9.72 Å². The molecule has 0 radical (unpaired) electrons. The van der Waals surface area contributed by atoms with Gasteiger partial charge < -0.3 is 15.2 Å². The Hall–Kier alpha value is -2.42. The number of carbonyl (C=O) groups is 1. The first kappa shape index (κ1) is 14.0. The van der Waals surface area contributed by atoms with Crippen LogP contribution in [0.2, 0.25) is 0 Å². The Balaban J connectivity index is 2.23. The number of aromatic nitrogens is 1. The van der Waals surface area contributed by atoms with Crippen molar-refractivity contribution in [2.24, 2.45) is 5.84 Å². The molecule has 0 spiro atoms. The zero-order valence-electron chi connectivity index (χ0n) is 11.1. The van der Waals surface area contributed by atoms with Gasteiger partial charge in [-0.25, -0.2) is 10.8 Å². The van der Waals surface area contributed by atoms with E-state index >= 15 is 0 Å². The summed E-state index contributed by atoms with van der Waals surface area (Å²) in [5.74, 6) is 5.92. The lowest BCUT2D eigenvalue weighted by Crippen LogP contribution is -2.48. The number of hydrazine groups is 1. The Morgan fingerprint density at radius 2 is 2.05 bits per heavy atom. The smallest absolute Gasteiger partial charge is 0.311 e. The number of amides is 1. The normalized spacial score (nSPS) is 15.1. The molecule has 9 nitrogen and oxygen atoms in total. The lowest BCUT2D eigenvalue weighted by atomic mass is 10.2. The maximum absolute atomic E-state index is 11.3. The van der Waals surface area contributed by atoms with Gasteiger partial charge in [0.15, 0.2) is 0 Å². The first-order chi connectivity index (χ1) is 9.52. The van der Waals surface area contributed by atoms with Crippen LogP contribution in [0.4, 0.5) is 17.3 Å². The van der Waals surface area contributed by atoms with Crippen molar-refractivity contribution >= 4 is 23.2 Å². The Bertz CT molecular complexity index is 527. The van der Waals surface area contributed by atoms with Gasteiger partial charge in [0.2, 0.25) is 11.7 Å². The van der Waals surface area contributed by atoms with Crippen LogP contribution in [0.15, 0.2) is 12.1 Å². The number of hydrogen-bond acceptors (Lipinski definition) is 7. The molecule has 1 aliphatic heterocycles. The van der Waals surface area contributed by atoms with Crippen molar-refractivity contribution in [3.8, 4) is 0 Å². The number of nitro groups is 1. The highest BCUT2D eigenvalue weighted by Gasteiger charge is 2.26. The summed E-state index contributed by atoms with van der Waals surface area (Å²) in [5, 5.41) is 11.1. The molecule has 3 N–H and O–H groups in total. The molecular formula is C11H16N6O3. The van der Waals surface area contributed by atoms with Gasteiger partial charge >= 0.3 is 5.69 Å². The summed E-state index contributed by atoms with van der Waals surface area (Å²) < 4.78 is 0. The number of nitrogens with zero attached hydrogens (tertiary/aromatic N) is 4. The monoisotopic (exact) mass is 280 g/mol. The highest BCUT2D eigenvalue weighted by molar-refractivity contribution is 5.73. The van der Waals surface area contributed by atoms with E-state index in [4.69, 9.17) is 5.84 Å². The number of carbonyl (C=O) groups excluding carboxylic acids is 1. The highest BCUT2D eigenvalue weighted by atomic mass is 16.6. The first-order valence-electron chi connectivity index (χ1n) is 6.15. The number of piperazine rings is 1. The summed E-state index contributed by atoms with van der Waals surface area (Å²) in [4.78, 5) is 29.5. The lowest BCUT2D eigenvalue weighted by molar-refractivity contribution is -0.384. The molecule has 1 aliphatic rings. The van der Waals surface area contributed by atoms with Gasteiger partial charge in [-0.3, -0.25) is 14.9 Å². The third-order valence-corrected chi connectivity index (χ3v) is 3.22. The van der Waals surface area contributed by atoms with Gasteiger partial charge in [0, 0.05) is 39.2 Å². The van der Waals surface area contributed by atoms with Gasteiger partial charge in [0.25, 0.3) is 0 Å². The number of nitrogens with one attached hydrogen (secondary N) is 1. The number of nitrogen functional groups attached to an aromatic ring is 1. The van der Waals surface area contributed by atoms with E-state index in [1.807, 2.05) is 0 Å². The lowest BCUT2D eigenvalue weighted by Gasteiger charge is -2.34. The van der Waals surface area contributed by atoms with Gasteiger partial charge in [-0.05, 0) is 6.07 Å². The number of nitrogens with two attached hydrogens (primary N) is 1. The Labute approximate surface area is 115 Å². The van der Waals surface area contributed by atoms with Crippen molar-refractivity contribution in [3.05, 3.63) is 22.2 Å². The van der Waals surface area contributed by atoms with E-state index in [0.29, 0.717) is 32.0 Å². The molecule has 0 aliphatic carbocycles. The van der Waals surface area contributed by atoms with E-state index in [1.54, 1.807) is 9.80 Å². The Morgan fingerprint density at radius 1 is 1.40 bits per heavy atom. The molecule has 0 saturated carbocycles. The van der Waals surface area contributed by atoms with Crippen LogP contribution in [0.25, 0.3) is 0 Å². The van der Waals surface area contributed by atoms with Crippen LogP contribution in [0, 0.1) is 10.1 Å². The van der Waals surface area contributed by atoms with Crippen molar-refractivity contribution in [1.82, 2.24) is 9.88 Å². The van der Waals surface area contributed by atoms with E-state index in [9.17, 15) is 14.9 Å². The minimum atomic E-state index is -0.472. The number of pyridine rings is 1. The molecule has 0 atom stereocenters. The minimum Gasteiger partial charge on any atom is -0.347 e. The fraction of sp³-hybridized carbons (Fsp3) is 0.455. The summed E-state index contributed by atoms with van der Waals surface area (Å²) in [6, 6.07) is 2.82. The second-order valence-electron chi connectivity index (χ2n) is 4.43. The maximum Gasteiger partial charge on any atom is 0.311 e. The molecular weight excluding hydrogens is 264 g/mol. The Morgan fingerprint density at radius 3 is 2.55 bits per heavy atom. The van der Waals surface area contributed by atoms with Crippen LogP contribution in [0.1, 0.15) is 6.92 Å². The number of hydrogen-bond donors (Lipinski definition) is 2. The van der Waals surface area contributed by atoms with Gasteiger partial charge in [-0.15, -0.1) is 0 Å². The highest BCUT2D eigenvalue weighted by Crippen LogP contribution is 2.28. The Kier molecular flexibility index (Phi) is 3.99. The van der Waals surface area contributed by atoms with E-state index in [2.05, 4.69) is 10.4 Å². The predicted molar refractivity (Wildman–Crippen MR) is 73.2 cm³/mol. The molecule has 9 heteroatoms. The average molecular weight is 280 g/mol. The van der Waals surface area contributed by atoms with Crippen LogP contribution < -0.4 is 16.2 Å². The summed E-state index contributed by atoms with van der Waals surface area (Å²) in [5.41, 5.74) is 2.31. The number of rotatable bonds is 3. The van der Waals surface area contributed by atoms with Crippen LogP contribution in [-0.4, -0.2) is 46.9 Å². The third kappa shape index (κ3) is 2.77. The molecule has 2 rings (SSSR count). The standard InChI is InChI=1S/C11H16N6O3/c1-8(18)15-4-6-16(7-5-15)11-9(17(19)20)2-3-10(13-11)14-12/h2-3H,4-7,12H2,1H3,(H,13,14). The molecule has 20 heavy (non-hydrogen) atoms. The molecule has 1 fully saturated rings. The van der Waals surface area contributed by atoms with E-state index in [0.717, 1.165) is 0 Å². The van der Waals surface area contributed by atoms with Gasteiger partial charge in [-0.1, -0.05) is 0 Å². The largest absolute Gasteiger partial charge is 0.347 e. The summed E-state index contributed by atoms with van der Waals surface area (Å²) in [7, 11) is 0. The SMILES string of the molecule is CC(=O)N1CCN(c2nc(NN)ccc2[N+](=O)[O-])CC1. The van der Waals surface area contributed by atoms with Crippen molar-refractivity contribution in [2.75, 3.05) is 36.5 Å². The fourth-order valence-electron chi connectivity index (χ4n) is 2.13.